The molecule has 0 aromatic heterocycles. The summed E-state index contributed by atoms with van der Waals surface area (Å²) in [6, 6.07) is 10.8. The van der Waals surface area contributed by atoms with Crippen molar-refractivity contribution in [3.8, 4) is 11.5 Å². The molecule has 4 nitrogen and oxygen atoms in total. The number of hydrogen-bond donors (Lipinski definition) is 1. The van der Waals surface area contributed by atoms with Crippen molar-refractivity contribution in [2.24, 2.45) is 0 Å². The van der Waals surface area contributed by atoms with E-state index in [1.54, 1.807) is 18.2 Å². The zero-order valence-electron chi connectivity index (χ0n) is 10.8. The molecule has 0 spiro atoms. The third-order valence-corrected chi connectivity index (χ3v) is 3.30. The summed E-state index contributed by atoms with van der Waals surface area (Å²) in [5.41, 5.74) is 0.325. The first kappa shape index (κ1) is 13.7. The largest absolute Gasteiger partial charge is 0.485 e. The number of hydrogen-bond acceptors (Lipinski definition) is 3. The van der Waals surface area contributed by atoms with E-state index in [4.69, 9.17) is 21.1 Å². The van der Waals surface area contributed by atoms with Gasteiger partial charge in [0.1, 0.15) is 12.4 Å². The molecule has 1 heterocycles. The third-order valence-electron chi connectivity index (χ3n) is 2.99. The molecule has 21 heavy (non-hydrogen) atoms. The first-order chi connectivity index (χ1) is 10.1. The number of fused-ring (bicyclic) bond motifs is 1. The molecule has 0 bridgehead atoms. The van der Waals surface area contributed by atoms with Crippen LogP contribution < -0.4 is 14.8 Å². The lowest BCUT2D eigenvalue weighted by Crippen LogP contribution is -2.40. The Hall–Kier alpha value is -2.27. The first-order valence-corrected chi connectivity index (χ1v) is 6.65. The smallest absolute Gasteiger partial charge is 0.269 e. The van der Waals surface area contributed by atoms with E-state index in [1.165, 1.54) is 12.1 Å². The summed E-state index contributed by atoms with van der Waals surface area (Å²) in [7, 11) is 0. The number of anilines is 1. The summed E-state index contributed by atoms with van der Waals surface area (Å²) in [4.78, 5) is 12.1. The molecule has 6 heteroatoms. The van der Waals surface area contributed by atoms with E-state index >= 15 is 0 Å². The standard InChI is InChI=1S/C15H11ClFNO3/c16-10-7-9(17)5-6-11(10)18-15(19)14-8-20-12-3-1-2-4-13(12)21-14/h1-7,14H,8H2,(H,18,19). The van der Waals surface area contributed by atoms with Crippen molar-refractivity contribution in [3.05, 3.63) is 53.3 Å². The van der Waals surface area contributed by atoms with E-state index in [0.29, 0.717) is 17.2 Å². The summed E-state index contributed by atoms with van der Waals surface area (Å²) >= 11 is 5.87. The van der Waals surface area contributed by atoms with Crippen molar-refractivity contribution in [1.29, 1.82) is 0 Å². The number of carbonyl (C=O) groups excluding carboxylic acids is 1. The van der Waals surface area contributed by atoms with E-state index in [2.05, 4.69) is 5.32 Å². The van der Waals surface area contributed by atoms with Gasteiger partial charge in [-0.05, 0) is 30.3 Å². The Bertz CT molecular complexity index is 692. The summed E-state index contributed by atoms with van der Waals surface area (Å²) in [5.74, 6) is 0.234. The van der Waals surface area contributed by atoms with Crippen LogP contribution in [0, 0.1) is 5.82 Å². The number of benzene rings is 2. The van der Waals surface area contributed by atoms with Crippen LogP contribution in [0.25, 0.3) is 0 Å². The number of ether oxygens (including phenoxy) is 2. The zero-order valence-corrected chi connectivity index (χ0v) is 11.6. The van der Waals surface area contributed by atoms with Gasteiger partial charge < -0.3 is 14.8 Å². The van der Waals surface area contributed by atoms with Crippen molar-refractivity contribution in [1.82, 2.24) is 0 Å². The van der Waals surface area contributed by atoms with Crippen molar-refractivity contribution in [2.75, 3.05) is 11.9 Å². The average molecular weight is 308 g/mol. The highest BCUT2D eigenvalue weighted by atomic mass is 35.5. The van der Waals surface area contributed by atoms with Gasteiger partial charge in [0.2, 0.25) is 6.10 Å². The molecule has 0 saturated carbocycles. The second-order valence-electron chi connectivity index (χ2n) is 4.48. The second kappa shape index (κ2) is 5.61. The number of rotatable bonds is 2. The Morgan fingerprint density at radius 2 is 2.00 bits per heavy atom. The van der Waals surface area contributed by atoms with Crippen LogP contribution in [0.1, 0.15) is 0 Å². The molecule has 1 atom stereocenters. The number of halogens is 2. The van der Waals surface area contributed by atoms with Crippen LogP contribution in [0.3, 0.4) is 0 Å². The topological polar surface area (TPSA) is 47.6 Å². The molecule has 1 aliphatic heterocycles. The monoisotopic (exact) mass is 307 g/mol. The van der Waals surface area contributed by atoms with Crippen LogP contribution in [-0.4, -0.2) is 18.6 Å². The highest BCUT2D eigenvalue weighted by molar-refractivity contribution is 6.33. The predicted molar refractivity (Wildman–Crippen MR) is 76.4 cm³/mol. The number of amides is 1. The average Bonchev–Trinajstić information content (AvgIpc) is 2.49. The Morgan fingerprint density at radius 1 is 1.24 bits per heavy atom. The number of nitrogens with one attached hydrogen (secondary N) is 1. The number of carbonyl (C=O) groups is 1. The molecule has 1 amide bonds. The van der Waals surface area contributed by atoms with Crippen LogP contribution in [0.4, 0.5) is 10.1 Å². The molecular weight excluding hydrogens is 297 g/mol. The Balaban J connectivity index is 1.72. The lowest BCUT2D eigenvalue weighted by Gasteiger charge is -2.25. The van der Waals surface area contributed by atoms with E-state index < -0.39 is 17.8 Å². The molecule has 2 aromatic rings. The van der Waals surface area contributed by atoms with Crippen molar-refractivity contribution < 1.29 is 18.7 Å². The highest BCUT2D eigenvalue weighted by Crippen LogP contribution is 2.31. The van der Waals surface area contributed by atoms with Crippen LogP contribution >= 0.6 is 11.6 Å². The fraction of sp³-hybridized carbons (Fsp3) is 0.133. The molecule has 1 aliphatic rings. The van der Waals surface area contributed by atoms with Gasteiger partial charge in [-0.15, -0.1) is 0 Å². The van der Waals surface area contributed by atoms with Gasteiger partial charge in [0.05, 0.1) is 10.7 Å². The van der Waals surface area contributed by atoms with E-state index in [-0.39, 0.29) is 11.6 Å². The Morgan fingerprint density at radius 3 is 2.76 bits per heavy atom. The molecule has 2 aromatic carbocycles. The summed E-state index contributed by atoms with van der Waals surface area (Å²) in [6.07, 6.45) is -0.791. The third kappa shape index (κ3) is 2.92. The van der Waals surface area contributed by atoms with Crippen LogP contribution in [0.2, 0.25) is 5.02 Å². The van der Waals surface area contributed by atoms with E-state index in [0.717, 1.165) is 6.07 Å². The number of para-hydroxylation sites is 2. The maximum atomic E-state index is 13.0. The Labute approximate surface area is 125 Å². The van der Waals surface area contributed by atoms with Gasteiger partial charge in [-0.2, -0.15) is 0 Å². The highest BCUT2D eigenvalue weighted by Gasteiger charge is 2.27. The second-order valence-corrected chi connectivity index (χ2v) is 4.88. The van der Waals surface area contributed by atoms with Crippen molar-refractivity contribution in [3.63, 3.8) is 0 Å². The fourth-order valence-corrected chi connectivity index (χ4v) is 2.17. The fourth-order valence-electron chi connectivity index (χ4n) is 1.95. The molecule has 0 saturated heterocycles. The maximum absolute atomic E-state index is 13.0. The molecular formula is C15H11ClFNO3. The van der Waals surface area contributed by atoms with E-state index in [9.17, 15) is 9.18 Å². The predicted octanol–water partition coefficient (Wildman–Crippen LogP) is 3.26. The minimum Gasteiger partial charge on any atom is -0.485 e. The first-order valence-electron chi connectivity index (χ1n) is 6.28. The normalized spacial score (nSPS) is 16.4. The summed E-state index contributed by atoms with van der Waals surface area (Å²) in [6.45, 7) is 0.0989. The quantitative estimate of drug-likeness (QED) is 0.926. The lowest BCUT2D eigenvalue weighted by atomic mass is 10.2. The Kier molecular flexibility index (Phi) is 3.66. The molecule has 1 unspecified atom stereocenters. The molecule has 1 N–H and O–H groups in total. The van der Waals surface area contributed by atoms with Crippen LogP contribution in [0.5, 0.6) is 11.5 Å². The molecule has 0 radical (unpaired) electrons. The summed E-state index contributed by atoms with van der Waals surface area (Å²) < 4.78 is 24.0. The van der Waals surface area contributed by atoms with Gasteiger partial charge in [0, 0.05) is 0 Å². The van der Waals surface area contributed by atoms with Crippen molar-refractivity contribution >= 4 is 23.2 Å². The lowest BCUT2D eigenvalue weighted by molar-refractivity contribution is -0.125. The zero-order chi connectivity index (χ0) is 14.8. The van der Waals surface area contributed by atoms with Crippen LogP contribution in [-0.2, 0) is 4.79 Å². The van der Waals surface area contributed by atoms with Gasteiger partial charge in [0.25, 0.3) is 5.91 Å². The maximum Gasteiger partial charge on any atom is 0.269 e. The SMILES string of the molecule is O=C(Nc1ccc(F)cc1Cl)C1COc2ccccc2O1. The molecule has 3 rings (SSSR count). The minimum atomic E-state index is -0.791. The molecule has 0 fully saturated rings. The van der Waals surface area contributed by atoms with Crippen LogP contribution in [0.15, 0.2) is 42.5 Å². The van der Waals surface area contributed by atoms with Gasteiger partial charge in [0.15, 0.2) is 11.5 Å². The van der Waals surface area contributed by atoms with Gasteiger partial charge in [-0.3, -0.25) is 4.79 Å². The minimum absolute atomic E-state index is 0.0989. The van der Waals surface area contributed by atoms with Gasteiger partial charge in [-0.1, -0.05) is 23.7 Å². The van der Waals surface area contributed by atoms with E-state index in [1.807, 2.05) is 6.07 Å². The van der Waals surface area contributed by atoms with Gasteiger partial charge >= 0.3 is 0 Å². The molecule has 0 aliphatic carbocycles. The van der Waals surface area contributed by atoms with Crippen molar-refractivity contribution in [2.45, 2.75) is 6.10 Å². The molecule has 108 valence electrons. The summed E-state index contributed by atoms with van der Waals surface area (Å²) in [5, 5.41) is 2.72. The van der Waals surface area contributed by atoms with Gasteiger partial charge in [-0.25, -0.2) is 4.39 Å².